The molecule has 5 rings (SSSR count). The Labute approximate surface area is 167 Å². The van der Waals surface area contributed by atoms with Crippen molar-refractivity contribution in [2.24, 2.45) is 5.73 Å². The fourth-order valence-corrected chi connectivity index (χ4v) is 4.13. The SMILES string of the molecule is NC(=O)c1ccc(-c2nn(C3CCc4ccccc4C3)c3ncnc(N)c23)cc1. The van der Waals surface area contributed by atoms with E-state index in [9.17, 15) is 4.79 Å². The molecule has 0 saturated carbocycles. The van der Waals surface area contributed by atoms with Crippen LogP contribution in [0.1, 0.15) is 33.9 Å². The van der Waals surface area contributed by atoms with Gasteiger partial charge in [-0.1, -0.05) is 36.4 Å². The summed E-state index contributed by atoms with van der Waals surface area (Å²) < 4.78 is 1.99. The Balaban J connectivity index is 1.63. The van der Waals surface area contributed by atoms with E-state index < -0.39 is 5.91 Å². The molecule has 2 aromatic carbocycles. The summed E-state index contributed by atoms with van der Waals surface area (Å²) in [6.45, 7) is 0. The smallest absolute Gasteiger partial charge is 0.248 e. The molecule has 0 aliphatic heterocycles. The zero-order valence-electron chi connectivity index (χ0n) is 15.7. The molecule has 0 fully saturated rings. The van der Waals surface area contributed by atoms with E-state index in [0.717, 1.165) is 35.9 Å². The van der Waals surface area contributed by atoms with E-state index in [1.54, 1.807) is 12.1 Å². The lowest BCUT2D eigenvalue weighted by Crippen LogP contribution is -2.20. The molecule has 29 heavy (non-hydrogen) atoms. The van der Waals surface area contributed by atoms with E-state index in [-0.39, 0.29) is 6.04 Å². The molecule has 1 aliphatic rings. The van der Waals surface area contributed by atoms with Crippen LogP contribution in [0.3, 0.4) is 0 Å². The van der Waals surface area contributed by atoms with Crippen molar-refractivity contribution in [3.63, 3.8) is 0 Å². The van der Waals surface area contributed by atoms with Crippen LogP contribution in [-0.4, -0.2) is 25.7 Å². The summed E-state index contributed by atoms with van der Waals surface area (Å²) in [5.41, 5.74) is 17.1. The molecule has 7 heteroatoms. The average Bonchev–Trinajstić information content (AvgIpc) is 3.14. The van der Waals surface area contributed by atoms with Gasteiger partial charge in [0.1, 0.15) is 17.8 Å². The van der Waals surface area contributed by atoms with Crippen molar-refractivity contribution >= 4 is 22.8 Å². The summed E-state index contributed by atoms with van der Waals surface area (Å²) in [7, 11) is 0. The number of anilines is 1. The third kappa shape index (κ3) is 2.91. The molecule has 1 atom stereocenters. The molecule has 0 bridgehead atoms. The van der Waals surface area contributed by atoms with Gasteiger partial charge in [0.05, 0.1) is 11.4 Å². The summed E-state index contributed by atoms with van der Waals surface area (Å²) in [5.74, 6) is -0.0675. The molecule has 4 aromatic rings. The number of benzene rings is 2. The van der Waals surface area contributed by atoms with Crippen LogP contribution < -0.4 is 11.5 Å². The molecule has 0 spiro atoms. The summed E-state index contributed by atoms with van der Waals surface area (Å²) in [4.78, 5) is 20.1. The lowest BCUT2D eigenvalue weighted by Gasteiger charge is -2.25. The second-order valence-corrected chi connectivity index (χ2v) is 7.36. The maximum absolute atomic E-state index is 11.4. The number of nitrogens with two attached hydrogens (primary N) is 2. The number of hydrogen-bond acceptors (Lipinski definition) is 5. The lowest BCUT2D eigenvalue weighted by molar-refractivity contribution is 0.100. The number of rotatable bonds is 3. The minimum Gasteiger partial charge on any atom is -0.383 e. The Hall–Kier alpha value is -3.74. The topological polar surface area (TPSA) is 113 Å². The van der Waals surface area contributed by atoms with E-state index in [4.69, 9.17) is 16.6 Å². The minimum atomic E-state index is -0.462. The Morgan fingerprint density at radius 3 is 2.55 bits per heavy atom. The van der Waals surface area contributed by atoms with Gasteiger partial charge in [-0.15, -0.1) is 0 Å². The molecule has 0 radical (unpaired) electrons. The summed E-state index contributed by atoms with van der Waals surface area (Å²) in [5, 5.41) is 5.64. The van der Waals surface area contributed by atoms with Gasteiger partial charge in [-0.05, 0) is 42.5 Å². The van der Waals surface area contributed by atoms with Gasteiger partial charge in [-0.2, -0.15) is 5.10 Å². The van der Waals surface area contributed by atoms with Crippen LogP contribution in [0, 0.1) is 0 Å². The maximum Gasteiger partial charge on any atom is 0.248 e. The predicted molar refractivity (Wildman–Crippen MR) is 111 cm³/mol. The van der Waals surface area contributed by atoms with Crippen molar-refractivity contribution in [3.8, 4) is 11.3 Å². The molecule has 1 unspecified atom stereocenters. The quantitative estimate of drug-likeness (QED) is 0.564. The zero-order chi connectivity index (χ0) is 20.0. The van der Waals surface area contributed by atoms with Crippen molar-refractivity contribution in [2.75, 3.05) is 5.73 Å². The van der Waals surface area contributed by atoms with E-state index in [2.05, 4.69) is 34.2 Å². The van der Waals surface area contributed by atoms with Crippen molar-refractivity contribution in [3.05, 3.63) is 71.5 Å². The highest BCUT2D eigenvalue weighted by Gasteiger charge is 2.25. The number of fused-ring (bicyclic) bond motifs is 2. The number of aromatic nitrogens is 4. The first-order valence-electron chi connectivity index (χ1n) is 9.57. The second-order valence-electron chi connectivity index (χ2n) is 7.36. The fourth-order valence-electron chi connectivity index (χ4n) is 4.13. The molecular formula is C22H20N6O. The number of nitrogens with zero attached hydrogens (tertiary/aromatic N) is 4. The van der Waals surface area contributed by atoms with E-state index in [1.807, 2.05) is 16.8 Å². The van der Waals surface area contributed by atoms with Crippen LogP contribution in [0.5, 0.6) is 0 Å². The molecule has 2 heterocycles. The fraction of sp³-hybridized carbons (Fsp3) is 0.182. The summed E-state index contributed by atoms with van der Waals surface area (Å²) in [6, 6.07) is 15.8. The summed E-state index contributed by atoms with van der Waals surface area (Å²) >= 11 is 0. The third-order valence-electron chi connectivity index (χ3n) is 5.63. The lowest BCUT2D eigenvalue weighted by atomic mass is 9.88. The zero-order valence-corrected chi connectivity index (χ0v) is 15.7. The number of carbonyl (C=O) groups excluding carboxylic acids is 1. The number of carbonyl (C=O) groups is 1. The van der Waals surface area contributed by atoms with Crippen LogP contribution in [0.4, 0.5) is 5.82 Å². The van der Waals surface area contributed by atoms with Crippen molar-refractivity contribution in [1.29, 1.82) is 0 Å². The molecule has 1 aliphatic carbocycles. The molecule has 0 saturated heterocycles. The van der Waals surface area contributed by atoms with Gasteiger partial charge in [0.2, 0.25) is 5.91 Å². The number of amides is 1. The predicted octanol–water partition coefficient (Wildman–Crippen LogP) is 2.90. The highest BCUT2D eigenvalue weighted by atomic mass is 16.1. The van der Waals surface area contributed by atoms with Crippen LogP contribution in [-0.2, 0) is 12.8 Å². The Morgan fingerprint density at radius 2 is 1.79 bits per heavy atom. The van der Waals surface area contributed by atoms with Crippen LogP contribution in [0.25, 0.3) is 22.3 Å². The monoisotopic (exact) mass is 384 g/mol. The van der Waals surface area contributed by atoms with E-state index >= 15 is 0 Å². The molecule has 1 amide bonds. The summed E-state index contributed by atoms with van der Waals surface area (Å²) in [6.07, 6.45) is 4.37. The van der Waals surface area contributed by atoms with Gasteiger partial charge in [-0.3, -0.25) is 4.79 Å². The molecule has 4 N–H and O–H groups in total. The minimum absolute atomic E-state index is 0.195. The normalized spacial score (nSPS) is 15.9. The molecular weight excluding hydrogens is 364 g/mol. The largest absolute Gasteiger partial charge is 0.383 e. The molecule has 144 valence electrons. The highest BCUT2D eigenvalue weighted by molar-refractivity contribution is 5.99. The molecule has 2 aromatic heterocycles. The standard InChI is InChI=1S/C22H20N6O/c23-20-18-19(14-5-7-15(8-6-14)21(24)29)27-28(22(18)26-12-25-20)17-10-9-13-3-1-2-4-16(13)11-17/h1-8,12,17H,9-11H2,(H2,24,29)(H2,23,25,26). The van der Waals surface area contributed by atoms with Gasteiger partial charge in [-0.25, -0.2) is 14.6 Å². The number of hydrogen-bond donors (Lipinski definition) is 2. The van der Waals surface area contributed by atoms with Gasteiger partial charge in [0.25, 0.3) is 0 Å². The third-order valence-corrected chi connectivity index (χ3v) is 5.63. The van der Waals surface area contributed by atoms with Gasteiger partial charge < -0.3 is 11.5 Å². The first-order valence-corrected chi connectivity index (χ1v) is 9.57. The number of nitrogen functional groups attached to an aromatic ring is 1. The van der Waals surface area contributed by atoms with Crippen LogP contribution in [0.2, 0.25) is 0 Å². The Bertz CT molecular complexity index is 1230. The number of primary amides is 1. The Morgan fingerprint density at radius 1 is 1.03 bits per heavy atom. The average molecular weight is 384 g/mol. The first-order chi connectivity index (χ1) is 14.1. The van der Waals surface area contributed by atoms with Crippen LogP contribution in [0.15, 0.2) is 54.9 Å². The Kier molecular flexibility index (Phi) is 4.01. The van der Waals surface area contributed by atoms with Gasteiger partial charge in [0, 0.05) is 11.1 Å². The van der Waals surface area contributed by atoms with Crippen molar-refractivity contribution in [1.82, 2.24) is 19.7 Å². The first kappa shape index (κ1) is 17.4. The van der Waals surface area contributed by atoms with Crippen LogP contribution >= 0.6 is 0 Å². The maximum atomic E-state index is 11.4. The van der Waals surface area contributed by atoms with Gasteiger partial charge in [0.15, 0.2) is 5.65 Å². The van der Waals surface area contributed by atoms with Crippen molar-refractivity contribution < 1.29 is 4.79 Å². The van der Waals surface area contributed by atoms with Crippen molar-refractivity contribution in [2.45, 2.75) is 25.3 Å². The molecule has 7 nitrogen and oxygen atoms in total. The highest BCUT2D eigenvalue weighted by Crippen LogP contribution is 2.35. The van der Waals surface area contributed by atoms with Gasteiger partial charge >= 0.3 is 0 Å². The number of aryl methyl sites for hydroxylation is 1. The van der Waals surface area contributed by atoms with E-state index in [1.165, 1.54) is 17.5 Å². The second kappa shape index (κ2) is 6.70. The van der Waals surface area contributed by atoms with E-state index in [0.29, 0.717) is 17.1 Å².